The molecule has 4 rings (SSSR count). The molecule has 1 unspecified atom stereocenters. The van der Waals surface area contributed by atoms with Crippen molar-refractivity contribution >= 4 is 0 Å². The third kappa shape index (κ3) is 2.02. The highest BCUT2D eigenvalue weighted by molar-refractivity contribution is 5.11. The molecule has 4 saturated carbocycles. The quantitative estimate of drug-likeness (QED) is 0.805. The fourth-order valence-electron chi connectivity index (χ4n) is 5.41. The van der Waals surface area contributed by atoms with Crippen LogP contribution in [0, 0.1) is 23.2 Å². The highest BCUT2D eigenvalue weighted by Gasteiger charge is 2.57. The summed E-state index contributed by atoms with van der Waals surface area (Å²) in [6, 6.07) is 0.543. The fraction of sp³-hybridized carbons (Fsp3) is 1.00. The number of nitrogens with two attached hydrogens (primary N) is 1. The van der Waals surface area contributed by atoms with Crippen LogP contribution in [0.2, 0.25) is 0 Å². The summed E-state index contributed by atoms with van der Waals surface area (Å²) in [5.74, 6) is 2.99. The van der Waals surface area contributed by atoms with E-state index in [0.29, 0.717) is 11.5 Å². The van der Waals surface area contributed by atoms with Crippen LogP contribution < -0.4 is 11.1 Å². The lowest BCUT2D eigenvalue weighted by molar-refractivity contribution is -0.0926. The molecule has 4 fully saturated rings. The topological polar surface area (TPSA) is 38.0 Å². The molecule has 0 radical (unpaired) electrons. The van der Waals surface area contributed by atoms with Crippen molar-refractivity contribution in [3.05, 3.63) is 0 Å². The largest absolute Gasteiger partial charge is 0.324 e. The Hall–Kier alpha value is -0.0800. The van der Waals surface area contributed by atoms with Crippen molar-refractivity contribution in [3.8, 4) is 0 Å². The van der Waals surface area contributed by atoms with Crippen molar-refractivity contribution in [1.82, 2.24) is 5.32 Å². The molecule has 0 aromatic carbocycles. The van der Waals surface area contributed by atoms with Crippen LogP contribution in [0.1, 0.15) is 59.3 Å². The van der Waals surface area contributed by atoms with Gasteiger partial charge in [-0.3, -0.25) is 0 Å². The van der Waals surface area contributed by atoms with Crippen molar-refractivity contribution < 1.29 is 0 Å². The average Bonchev–Trinajstić information content (AvgIpc) is 2.24. The molecule has 0 heterocycles. The Morgan fingerprint density at radius 2 is 1.56 bits per heavy atom. The third-order valence-electron chi connectivity index (χ3n) is 6.13. The number of rotatable bonds is 4. The van der Waals surface area contributed by atoms with Gasteiger partial charge in [-0.1, -0.05) is 13.8 Å². The summed E-state index contributed by atoms with van der Waals surface area (Å²) < 4.78 is 0. The van der Waals surface area contributed by atoms with Crippen molar-refractivity contribution in [2.75, 3.05) is 6.54 Å². The molecule has 2 nitrogen and oxygen atoms in total. The minimum atomic E-state index is -0.0206. The van der Waals surface area contributed by atoms with E-state index in [9.17, 15) is 0 Å². The molecular formula is C16H30N2. The minimum Gasteiger partial charge on any atom is -0.324 e. The standard InChI is InChI=1S/C16H30N2/c1-11(2)18-10-15(3,17)16-7-12-4-13(8-16)6-14(5-12)9-16/h11-14,18H,4-10,17H2,1-3H3. The van der Waals surface area contributed by atoms with Crippen LogP contribution in [0.15, 0.2) is 0 Å². The maximum absolute atomic E-state index is 6.80. The van der Waals surface area contributed by atoms with Crippen molar-refractivity contribution in [1.29, 1.82) is 0 Å². The van der Waals surface area contributed by atoms with Gasteiger partial charge in [0.1, 0.15) is 0 Å². The number of hydrogen-bond donors (Lipinski definition) is 2. The van der Waals surface area contributed by atoms with Gasteiger partial charge < -0.3 is 11.1 Å². The molecule has 18 heavy (non-hydrogen) atoms. The van der Waals surface area contributed by atoms with Crippen LogP contribution in [-0.2, 0) is 0 Å². The molecule has 0 saturated heterocycles. The molecule has 0 amide bonds. The average molecular weight is 250 g/mol. The highest BCUT2D eigenvalue weighted by atomic mass is 15.0. The van der Waals surface area contributed by atoms with Crippen LogP contribution >= 0.6 is 0 Å². The third-order valence-corrected chi connectivity index (χ3v) is 6.13. The molecule has 4 aliphatic carbocycles. The highest BCUT2D eigenvalue weighted by Crippen LogP contribution is 2.63. The summed E-state index contributed by atoms with van der Waals surface area (Å²) in [5, 5.41) is 3.59. The van der Waals surface area contributed by atoms with Crippen molar-refractivity contribution in [2.24, 2.45) is 28.9 Å². The van der Waals surface area contributed by atoms with Crippen LogP contribution in [0.5, 0.6) is 0 Å². The second kappa shape index (κ2) is 4.21. The van der Waals surface area contributed by atoms with E-state index in [4.69, 9.17) is 5.73 Å². The van der Waals surface area contributed by atoms with Gasteiger partial charge in [-0.2, -0.15) is 0 Å². The van der Waals surface area contributed by atoms with Gasteiger partial charge in [0.2, 0.25) is 0 Å². The summed E-state index contributed by atoms with van der Waals surface area (Å²) in [7, 11) is 0. The van der Waals surface area contributed by atoms with E-state index >= 15 is 0 Å². The Kier molecular flexibility index (Phi) is 3.02. The van der Waals surface area contributed by atoms with Gasteiger partial charge in [-0.15, -0.1) is 0 Å². The van der Waals surface area contributed by atoms with Gasteiger partial charge in [0.15, 0.2) is 0 Å². The van der Waals surface area contributed by atoms with Gasteiger partial charge in [-0.25, -0.2) is 0 Å². The molecule has 4 aliphatic rings. The monoisotopic (exact) mass is 250 g/mol. The van der Waals surface area contributed by atoms with Gasteiger partial charge in [-0.05, 0) is 68.6 Å². The molecule has 4 bridgehead atoms. The Bertz CT molecular complexity index is 284. The van der Waals surface area contributed by atoms with Gasteiger partial charge in [0.25, 0.3) is 0 Å². The SMILES string of the molecule is CC(C)NCC(C)(N)C12CC3CC(CC(C3)C1)C2. The lowest BCUT2D eigenvalue weighted by Crippen LogP contribution is -2.65. The first-order valence-electron chi connectivity index (χ1n) is 7.92. The molecule has 0 aromatic heterocycles. The zero-order chi connectivity index (χ0) is 13.0. The second-order valence-electron chi connectivity index (χ2n) is 8.15. The lowest BCUT2D eigenvalue weighted by atomic mass is 9.45. The molecule has 2 heteroatoms. The van der Waals surface area contributed by atoms with Gasteiger partial charge in [0.05, 0.1) is 0 Å². The zero-order valence-corrected chi connectivity index (χ0v) is 12.3. The lowest BCUT2D eigenvalue weighted by Gasteiger charge is -2.62. The molecule has 3 N–H and O–H groups in total. The Morgan fingerprint density at radius 3 is 1.94 bits per heavy atom. The summed E-state index contributed by atoms with van der Waals surface area (Å²) in [6.07, 6.45) is 8.75. The van der Waals surface area contributed by atoms with Crippen LogP contribution in [0.3, 0.4) is 0 Å². The maximum atomic E-state index is 6.80. The first-order valence-corrected chi connectivity index (χ1v) is 7.92. The van der Waals surface area contributed by atoms with E-state index < -0.39 is 0 Å². The zero-order valence-electron chi connectivity index (χ0n) is 12.3. The molecule has 1 atom stereocenters. The summed E-state index contributed by atoms with van der Waals surface area (Å²) in [4.78, 5) is 0. The maximum Gasteiger partial charge on any atom is 0.0309 e. The Labute approximate surface area is 112 Å². The molecule has 0 aliphatic heterocycles. The molecule has 104 valence electrons. The smallest absolute Gasteiger partial charge is 0.0309 e. The Balaban J connectivity index is 1.77. The van der Waals surface area contributed by atoms with Crippen LogP contribution in [0.4, 0.5) is 0 Å². The number of nitrogens with one attached hydrogen (secondary N) is 1. The van der Waals surface area contributed by atoms with Crippen LogP contribution in [0.25, 0.3) is 0 Å². The first kappa shape index (κ1) is 12.9. The minimum absolute atomic E-state index is 0.0206. The van der Waals surface area contributed by atoms with E-state index in [1.807, 2.05) is 0 Å². The van der Waals surface area contributed by atoms with E-state index in [0.717, 1.165) is 24.3 Å². The van der Waals surface area contributed by atoms with E-state index in [1.165, 1.54) is 38.5 Å². The predicted octanol–water partition coefficient (Wildman–Crippen LogP) is 2.92. The fourth-order valence-corrected chi connectivity index (χ4v) is 5.41. The van der Waals surface area contributed by atoms with Crippen molar-refractivity contribution in [3.63, 3.8) is 0 Å². The first-order chi connectivity index (χ1) is 8.40. The van der Waals surface area contributed by atoms with Crippen LogP contribution in [-0.4, -0.2) is 18.1 Å². The summed E-state index contributed by atoms with van der Waals surface area (Å²) in [5.41, 5.74) is 7.23. The summed E-state index contributed by atoms with van der Waals surface area (Å²) >= 11 is 0. The van der Waals surface area contributed by atoms with E-state index in [2.05, 4.69) is 26.1 Å². The Morgan fingerprint density at radius 1 is 1.11 bits per heavy atom. The predicted molar refractivity (Wildman–Crippen MR) is 76.3 cm³/mol. The normalized spacial score (nSPS) is 45.5. The van der Waals surface area contributed by atoms with E-state index in [-0.39, 0.29) is 5.54 Å². The van der Waals surface area contributed by atoms with E-state index in [1.54, 1.807) is 0 Å². The second-order valence-corrected chi connectivity index (χ2v) is 8.15. The summed E-state index contributed by atoms with van der Waals surface area (Å²) in [6.45, 7) is 7.73. The number of hydrogen-bond acceptors (Lipinski definition) is 2. The van der Waals surface area contributed by atoms with Gasteiger partial charge >= 0.3 is 0 Å². The molecule has 0 spiro atoms. The molecular weight excluding hydrogens is 220 g/mol. The molecule has 0 aromatic rings. The van der Waals surface area contributed by atoms with Gasteiger partial charge in [0, 0.05) is 18.1 Å². The van der Waals surface area contributed by atoms with Crippen molar-refractivity contribution in [2.45, 2.75) is 70.9 Å².